The lowest BCUT2D eigenvalue weighted by molar-refractivity contribution is 0.250. The lowest BCUT2D eigenvalue weighted by Crippen LogP contribution is -2.45. The van der Waals surface area contributed by atoms with E-state index in [1.54, 1.807) is 0 Å². The van der Waals surface area contributed by atoms with Crippen LogP contribution < -0.4 is 4.90 Å². The van der Waals surface area contributed by atoms with Gasteiger partial charge in [0.05, 0.1) is 17.6 Å². The van der Waals surface area contributed by atoms with Crippen LogP contribution in [0.5, 0.6) is 0 Å². The Balaban J connectivity index is 1.20. The topological polar surface area (TPSA) is 36.7 Å². The van der Waals surface area contributed by atoms with Crippen LogP contribution in [-0.2, 0) is 13.0 Å². The highest BCUT2D eigenvalue weighted by Gasteiger charge is 2.23. The third-order valence-electron chi connectivity index (χ3n) is 6.14. The third kappa shape index (κ3) is 3.77. The van der Waals surface area contributed by atoms with E-state index in [1.807, 2.05) is 6.20 Å². The Hall–Kier alpha value is -2.92. The zero-order valence-electron chi connectivity index (χ0n) is 17.8. The zero-order valence-corrected chi connectivity index (χ0v) is 17.8. The molecule has 0 atom stereocenters. The van der Waals surface area contributed by atoms with E-state index in [4.69, 9.17) is 4.99 Å². The van der Waals surface area contributed by atoms with Gasteiger partial charge in [-0.1, -0.05) is 42.5 Å². The second-order valence-electron chi connectivity index (χ2n) is 8.55. The summed E-state index contributed by atoms with van der Waals surface area (Å²) in [7, 11) is 0. The fourth-order valence-corrected chi connectivity index (χ4v) is 4.47. The first-order valence-electron chi connectivity index (χ1n) is 10.9. The first kappa shape index (κ1) is 19.1. The molecule has 2 aromatic carbocycles. The maximum absolute atomic E-state index is 4.83. The number of aliphatic imine (C=N–C) groups is 1. The van der Waals surface area contributed by atoms with Gasteiger partial charge in [0.2, 0.25) is 0 Å². The Morgan fingerprint density at radius 3 is 2.33 bits per heavy atom. The standard InChI is InChI=1S/C25H29N5/c1-19(2)30-25-16-23(27-24(25)17-26-30)21-8-10-22(11-9-21)29-14-12-28(13-15-29)18-20-6-4-3-5-7-20/h3-11,17,19H,12-16,18H2,1-2H3. The van der Waals surface area contributed by atoms with Gasteiger partial charge in [0.15, 0.2) is 0 Å². The molecule has 2 aliphatic heterocycles. The molecule has 0 bridgehead atoms. The monoisotopic (exact) mass is 399 g/mol. The molecule has 2 aliphatic rings. The number of hydrogen-bond donors (Lipinski definition) is 0. The van der Waals surface area contributed by atoms with Crippen LogP contribution in [0, 0.1) is 0 Å². The predicted octanol–water partition coefficient (Wildman–Crippen LogP) is 4.46. The van der Waals surface area contributed by atoms with E-state index < -0.39 is 0 Å². The average molecular weight is 400 g/mol. The summed E-state index contributed by atoms with van der Waals surface area (Å²) in [6.07, 6.45) is 2.76. The van der Waals surface area contributed by atoms with Crippen LogP contribution in [0.1, 0.15) is 36.7 Å². The minimum absolute atomic E-state index is 0.367. The molecular formula is C25H29N5. The quantitative estimate of drug-likeness (QED) is 0.635. The summed E-state index contributed by atoms with van der Waals surface area (Å²) in [6, 6.07) is 20.1. The van der Waals surface area contributed by atoms with Gasteiger partial charge in [-0.15, -0.1) is 0 Å². The number of benzene rings is 2. The van der Waals surface area contributed by atoms with Crippen molar-refractivity contribution in [3.8, 4) is 0 Å². The number of anilines is 1. The number of aromatic nitrogens is 2. The Kier molecular flexibility index (Phi) is 5.13. The zero-order chi connectivity index (χ0) is 20.5. The van der Waals surface area contributed by atoms with Gasteiger partial charge in [-0.2, -0.15) is 5.10 Å². The Labute approximate surface area is 178 Å². The van der Waals surface area contributed by atoms with Crippen molar-refractivity contribution in [1.82, 2.24) is 14.7 Å². The molecule has 1 saturated heterocycles. The van der Waals surface area contributed by atoms with Gasteiger partial charge in [0.25, 0.3) is 0 Å². The van der Waals surface area contributed by atoms with E-state index in [9.17, 15) is 0 Å². The molecule has 1 fully saturated rings. The SMILES string of the molecule is CC(C)n1ncc2c1CC(c1ccc(N3CCN(Cc4ccccc4)CC3)cc1)=N2. The molecule has 5 rings (SSSR count). The molecule has 0 aliphatic carbocycles. The summed E-state index contributed by atoms with van der Waals surface area (Å²) in [6.45, 7) is 9.72. The fraction of sp³-hybridized carbons (Fsp3) is 0.360. The van der Waals surface area contributed by atoms with Crippen LogP contribution in [0.15, 0.2) is 65.8 Å². The summed E-state index contributed by atoms with van der Waals surface area (Å²) in [5, 5.41) is 4.47. The van der Waals surface area contributed by atoms with E-state index in [-0.39, 0.29) is 0 Å². The Bertz CT molecular complexity index is 1030. The third-order valence-corrected chi connectivity index (χ3v) is 6.14. The summed E-state index contributed by atoms with van der Waals surface area (Å²) in [5.74, 6) is 0. The lowest BCUT2D eigenvalue weighted by atomic mass is 10.1. The summed E-state index contributed by atoms with van der Waals surface area (Å²) in [5.41, 5.74) is 7.33. The van der Waals surface area contributed by atoms with E-state index >= 15 is 0 Å². The molecule has 1 aromatic heterocycles. The molecule has 0 unspecified atom stereocenters. The molecule has 0 radical (unpaired) electrons. The molecular weight excluding hydrogens is 370 g/mol. The van der Waals surface area contributed by atoms with E-state index in [0.29, 0.717) is 6.04 Å². The van der Waals surface area contributed by atoms with Gasteiger partial charge < -0.3 is 4.90 Å². The lowest BCUT2D eigenvalue weighted by Gasteiger charge is -2.36. The van der Waals surface area contributed by atoms with Crippen LogP contribution in [-0.4, -0.2) is 46.6 Å². The molecule has 5 nitrogen and oxygen atoms in total. The van der Waals surface area contributed by atoms with Crippen LogP contribution in [0.2, 0.25) is 0 Å². The van der Waals surface area contributed by atoms with Crippen molar-refractivity contribution in [2.45, 2.75) is 32.9 Å². The number of piperazine rings is 1. The molecule has 30 heavy (non-hydrogen) atoms. The largest absolute Gasteiger partial charge is 0.369 e. The molecule has 0 saturated carbocycles. The number of fused-ring (bicyclic) bond motifs is 1. The first-order chi connectivity index (χ1) is 14.7. The van der Waals surface area contributed by atoms with Gasteiger partial charge in [-0.25, -0.2) is 4.99 Å². The highest BCUT2D eigenvalue weighted by Crippen LogP contribution is 2.31. The Morgan fingerprint density at radius 2 is 1.63 bits per heavy atom. The Morgan fingerprint density at radius 1 is 0.900 bits per heavy atom. The van der Waals surface area contributed by atoms with Crippen molar-refractivity contribution in [2.75, 3.05) is 31.1 Å². The molecule has 3 heterocycles. The van der Waals surface area contributed by atoms with Gasteiger partial charge in [-0.05, 0) is 37.1 Å². The fourth-order valence-electron chi connectivity index (χ4n) is 4.47. The number of rotatable bonds is 5. The minimum Gasteiger partial charge on any atom is -0.369 e. The van der Waals surface area contributed by atoms with Crippen LogP contribution in [0.3, 0.4) is 0 Å². The van der Waals surface area contributed by atoms with Gasteiger partial charge in [-0.3, -0.25) is 9.58 Å². The molecule has 154 valence electrons. The van der Waals surface area contributed by atoms with E-state index in [1.165, 1.54) is 22.5 Å². The van der Waals surface area contributed by atoms with Gasteiger partial charge >= 0.3 is 0 Å². The van der Waals surface area contributed by atoms with Crippen molar-refractivity contribution in [3.05, 3.63) is 77.6 Å². The van der Waals surface area contributed by atoms with Crippen LogP contribution in [0.4, 0.5) is 11.4 Å². The molecule has 3 aromatic rings. The smallest absolute Gasteiger partial charge is 0.105 e. The minimum atomic E-state index is 0.367. The average Bonchev–Trinajstić information content (AvgIpc) is 3.36. The van der Waals surface area contributed by atoms with Crippen molar-refractivity contribution < 1.29 is 0 Å². The first-order valence-corrected chi connectivity index (χ1v) is 10.9. The molecule has 0 N–H and O–H groups in total. The van der Waals surface area contributed by atoms with Crippen LogP contribution >= 0.6 is 0 Å². The van der Waals surface area contributed by atoms with Crippen molar-refractivity contribution in [2.24, 2.45) is 4.99 Å². The van der Waals surface area contributed by atoms with Gasteiger partial charge in [0.1, 0.15) is 5.69 Å². The number of hydrogen-bond acceptors (Lipinski definition) is 4. The normalized spacial score (nSPS) is 16.8. The highest BCUT2D eigenvalue weighted by molar-refractivity contribution is 6.06. The van der Waals surface area contributed by atoms with Crippen molar-refractivity contribution in [3.63, 3.8) is 0 Å². The number of nitrogens with zero attached hydrogens (tertiary/aromatic N) is 5. The van der Waals surface area contributed by atoms with E-state index in [2.05, 4.69) is 88.0 Å². The van der Waals surface area contributed by atoms with Crippen molar-refractivity contribution in [1.29, 1.82) is 0 Å². The molecule has 0 spiro atoms. The maximum atomic E-state index is 4.83. The van der Waals surface area contributed by atoms with Crippen molar-refractivity contribution >= 4 is 17.1 Å². The molecule has 0 amide bonds. The summed E-state index contributed by atoms with van der Waals surface area (Å²) < 4.78 is 2.09. The highest BCUT2D eigenvalue weighted by atomic mass is 15.3. The second kappa shape index (κ2) is 8.07. The van der Waals surface area contributed by atoms with E-state index in [0.717, 1.165) is 50.5 Å². The molecule has 5 heteroatoms. The summed E-state index contributed by atoms with van der Waals surface area (Å²) >= 11 is 0. The predicted molar refractivity (Wildman–Crippen MR) is 123 cm³/mol. The van der Waals surface area contributed by atoms with Crippen LogP contribution in [0.25, 0.3) is 0 Å². The van der Waals surface area contributed by atoms with Gasteiger partial charge in [0, 0.05) is 50.9 Å². The maximum Gasteiger partial charge on any atom is 0.105 e. The summed E-state index contributed by atoms with van der Waals surface area (Å²) in [4.78, 5) is 9.87. The second-order valence-corrected chi connectivity index (χ2v) is 8.55.